The fourth-order valence-corrected chi connectivity index (χ4v) is 3.10. The van der Waals surface area contributed by atoms with E-state index in [0.717, 1.165) is 23.6 Å². The SMILES string of the molecule is CCCCCCCCC[C@@H](C)OC(=O)c1cccc2ccccc12. The third kappa shape index (κ3) is 5.67. The molecular formula is C22H30O2. The molecule has 0 radical (unpaired) electrons. The highest BCUT2D eigenvalue weighted by atomic mass is 16.5. The average molecular weight is 326 g/mol. The number of carbonyl (C=O) groups is 1. The second-order valence-corrected chi connectivity index (χ2v) is 6.65. The highest BCUT2D eigenvalue weighted by Gasteiger charge is 2.14. The summed E-state index contributed by atoms with van der Waals surface area (Å²) in [5, 5.41) is 2.04. The van der Waals surface area contributed by atoms with Crippen molar-refractivity contribution in [1.29, 1.82) is 0 Å². The van der Waals surface area contributed by atoms with Crippen molar-refractivity contribution in [1.82, 2.24) is 0 Å². The van der Waals surface area contributed by atoms with Gasteiger partial charge in [0.05, 0.1) is 11.7 Å². The summed E-state index contributed by atoms with van der Waals surface area (Å²) in [6, 6.07) is 13.7. The van der Waals surface area contributed by atoms with Crippen molar-refractivity contribution < 1.29 is 9.53 Å². The van der Waals surface area contributed by atoms with Crippen molar-refractivity contribution in [3.8, 4) is 0 Å². The van der Waals surface area contributed by atoms with Crippen LogP contribution in [0.1, 0.15) is 75.6 Å². The van der Waals surface area contributed by atoms with Gasteiger partial charge in [-0.05, 0) is 36.6 Å². The lowest BCUT2D eigenvalue weighted by atomic mass is 10.0. The first-order valence-electron chi connectivity index (χ1n) is 9.41. The first kappa shape index (κ1) is 18.5. The fourth-order valence-electron chi connectivity index (χ4n) is 3.10. The quantitative estimate of drug-likeness (QED) is 0.366. The number of rotatable bonds is 10. The van der Waals surface area contributed by atoms with Gasteiger partial charge in [-0.2, -0.15) is 0 Å². The van der Waals surface area contributed by atoms with Crippen LogP contribution in [0, 0.1) is 0 Å². The summed E-state index contributed by atoms with van der Waals surface area (Å²) in [5.41, 5.74) is 0.666. The van der Waals surface area contributed by atoms with E-state index in [0.29, 0.717) is 5.56 Å². The second-order valence-electron chi connectivity index (χ2n) is 6.65. The molecule has 0 fully saturated rings. The summed E-state index contributed by atoms with van der Waals surface area (Å²) >= 11 is 0. The Hall–Kier alpha value is -1.83. The maximum absolute atomic E-state index is 12.5. The molecule has 0 amide bonds. The fraction of sp³-hybridized carbons (Fsp3) is 0.500. The summed E-state index contributed by atoms with van der Waals surface area (Å²) in [7, 11) is 0. The van der Waals surface area contributed by atoms with Crippen LogP contribution in [0.3, 0.4) is 0 Å². The Bertz CT molecular complexity index is 627. The summed E-state index contributed by atoms with van der Waals surface area (Å²) in [5.74, 6) is -0.206. The molecule has 130 valence electrons. The number of fused-ring (bicyclic) bond motifs is 1. The van der Waals surface area contributed by atoms with E-state index in [4.69, 9.17) is 4.74 Å². The number of unbranched alkanes of at least 4 members (excludes halogenated alkanes) is 6. The Morgan fingerprint density at radius 1 is 0.917 bits per heavy atom. The monoisotopic (exact) mass is 326 g/mol. The topological polar surface area (TPSA) is 26.3 Å². The normalized spacial score (nSPS) is 12.2. The van der Waals surface area contributed by atoms with Crippen LogP contribution in [-0.2, 0) is 4.74 Å². The minimum Gasteiger partial charge on any atom is -0.459 e. The van der Waals surface area contributed by atoms with Crippen LogP contribution in [0.2, 0.25) is 0 Å². The van der Waals surface area contributed by atoms with Gasteiger partial charge in [0.1, 0.15) is 0 Å². The Morgan fingerprint density at radius 2 is 1.58 bits per heavy atom. The molecule has 0 aliphatic heterocycles. The lowest BCUT2D eigenvalue weighted by Crippen LogP contribution is -2.15. The van der Waals surface area contributed by atoms with Crippen LogP contribution in [0.5, 0.6) is 0 Å². The molecule has 0 unspecified atom stereocenters. The van der Waals surface area contributed by atoms with E-state index in [1.165, 1.54) is 38.5 Å². The molecule has 0 heterocycles. The van der Waals surface area contributed by atoms with Gasteiger partial charge < -0.3 is 4.74 Å². The minimum absolute atomic E-state index is 0.0212. The number of carbonyl (C=O) groups excluding carboxylic acids is 1. The minimum atomic E-state index is -0.206. The van der Waals surface area contributed by atoms with Crippen molar-refractivity contribution in [3.63, 3.8) is 0 Å². The van der Waals surface area contributed by atoms with Crippen LogP contribution in [0.4, 0.5) is 0 Å². The van der Waals surface area contributed by atoms with Crippen molar-refractivity contribution in [2.45, 2.75) is 71.3 Å². The Kier molecular flexibility index (Phi) is 7.81. The number of benzene rings is 2. The molecule has 2 aromatic rings. The van der Waals surface area contributed by atoms with Crippen LogP contribution < -0.4 is 0 Å². The predicted molar refractivity (Wildman–Crippen MR) is 101 cm³/mol. The lowest BCUT2D eigenvalue weighted by molar-refractivity contribution is 0.0322. The number of hydrogen-bond donors (Lipinski definition) is 0. The number of hydrogen-bond acceptors (Lipinski definition) is 2. The molecule has 0 N–H and O–H groups in total. The molecule has 0 saturated heterocycles. The molecule has 0 saturated carbocycles. The first-order chi connectivity index (χ1) is 11.7. The highest BCUT2D eigenvalue weighted by molar-refractivity contribution is 6.04. The summed E-state index contributed by atoms with van der Waals surface area (Å²) in [4.78, 5) is 12.5. The third-order valence-corrected chi connectivity index (χ3v) is 4.53. The maximum atomic E-state index is 12.5. The Balaban J connectivity index is 1.77. The Labute approximate surface area is 146 Å². The maximum Gasteiger partial charge on any atom is 0.339 e. The highest BCUT2D eigenvalue weighted by Crippen LogP contribution is 2.20. The van der Waals surface area contributed by atoms with Crippen LogP contribution >= 0.6 is 0 Å². The molecular weight excluding hydrogens is 296 g/mol. The van der Waals surface area contributed by atoms with Crippen molar-refractivity contribution >= 4 is 16.7 Å². The van der Waals surface area contributed by atoms with E-state index in [2.05, 4.69) is 6.92 Å². The van der Waals surface area contributed by atoms with E-state index in [9.17, 15) is 4.79 Å². The molecule has 2 rings (SSSR count). The Morgan fingerprint density at radius 3 is 2.38 bits per heavy atom. The van der Waals surface area contributed by atoms with Gasteiger partial charge in [0.2, 0.25) is 0 Å². The van der Waals surface area contributed by atoms with Crippen molar-refractivity contribution in [2.24, 2.45) is 0 Å². The summed E-state index contributed by atoms with van der Waals surface area (Å²) < 4.78 is 5.65. The average Bonchev–Trinajstić information content (AvgIpc) is 2.60. The number of ether oxygens (including phenoxy) is 1. The molecule has 0 aliphatic carbocycles. The first-order valence-corrected chi connectivity index (χ1v) is 9.41. The molecule has 24 heavy (non-hydrogen) atoms. The second kappa shape index (κ2) is 10.1. The lowest BCUT2D eigenvalue weighted by Gasteiger charge is -2.14. The molecule has 0 spiro atoms. The zero-order chi connectivity index (χ0) is 17.2. The van der Waals surface area contributed by atoms with Gasteiger partial charge >= 0.3 is 5.97 Å². The zero-order valence-corrected chi connectivity index (χ0v) is 15.1. The van der Waals surface area contributed by atoms with Gasteiger partial charge in [-0.1, -0.05) is 81.8 Å². The number of esters is 1. The van der Waals surface area contributed by atoms with E-state index in [-0.39, 0.29) is 12.1 Å². The largest absolute Gasteiger partial charge is 0.459 e. The van der Waals surface area contributed by atoms with Gasteiger partial charge in [0.15, 0.2) is 0 Å². The predicted octanol–water partition coefficient (Wildman–Crippen LogP) is 6.53. The summed E-state index contributed by atoms with van der Waals surface area (Å²) in [6.45, 7) is 4.24. The van der Waals surface area contributed by atoms with Gasteiger partial charge in [0, 0.05) is 0 Å². The smallest absolute Gasteiger partial charge is 0.339 e. The molecule has 2 nitrogen and oxygen atoms in total. The molecule has 2 heteroatoms. The molecule has 1 atom stereocenters. The van der Waals surface area contributed by atoms with E-state index >= 15 is 0 Å². The van der Waals surface area contributed by atoms with Crippen LogP contribution in [0.25, 0.3) is 10.8 Å². The van der Waals surface area contributed by atoms with E-state index in [1.807, 2.05) is 49.4 Å². The van der Waals surface area contributed by atoms with E-state index in [1.54, 1.807) is 0 Å². The van der Waals surface area contributed by atoms with Crippen LogP contribution in [-0.4, -0.2) is 12.1 Å². The van der Waals surface area contributed by atoms with Crippen molar-refractivity contribution in [2.75, 3.05) is 0 Å². The van der Waals surface area contributed by atoms with E-state index < -0.39 is 0 Å². The summed E-state index contributed by atoms with van der Waals surface area (Å²) in [6.07, 6.45) is 9.91. The zero-order valence-electron chi connectivity index (χ0n) is 15.1. The molecule has 0 aliphatic rings. The van der Waals surface area contributed by atoms with Gasteiger partial charge in [-0.25, -0.2) is 4.79 Å². The molecule has 2 aromatic carbocycles. The van der Waals surface area contributed by atoms with Crippen LogP contribution in [0.15, 0.2) is 42.5 Å². The van der Waals surface area contributed by atoms with Gasteiger partial charge in [-0.3, -0.25) is 0 Å². The molecule has 0 bridgehead atoms. The third-order valence-electron chi connectivity index (χ3n) is 4.53. The van der Waals surface area contributed by atoms with Crippen molar-refractivity contribution in [3.05, 3.63) is 48.0 Å². The van der Waals surface area contributed by atoms with Gasteiger partial charge in [0.25, 0.3) is 0 Å². The standard InChI is InChI=1S/C22H30O2/c1-3-4-5-6-7-8-9-13-18(2)24-22(23)21-17-12-15-19-14-10-11-16-20(19)21/h10-12,14-18H,3-9,13H2,1-2H3/t18-/m1/s1. The van der Waals surface area contributed by atoms with Gasteiger partial charge in [-0.15, -0.1) is 0 Å². The molecule has 0 aromatic heterocycles.